The minimum atomic E-state index is -4.72. The maximum absolute atomic E-state index is 14.8. The molecule has 4 rings (SSSR count). The highest BCUT2D eigenvalue weighted by molar-refractivity contribution is 7.98. The van der Waals surface area contributed by atoms with Gasteiger partial charge in [0.2, 0.25) is 0 Å². The number of halogens is 5. The Morgan fingerprint density at radius 1 is 1.15 bits per heavy atom. The lowest BCUT2D eigenvalue weighted by Gasteiger charge is -2.21. The predicted molar refractivity (Wildman–Crippen MR) is 145 cm³/mol. The van der Waals surface area contributed by atoms with Crippen molar-refractivity contribution in [3.8, 4) is 22.9 Å². The predicted octanol–water partition coefficient (Wildman–Crippen LogP) is 6.93. The normalized spacial score (nSPS) is 11.5. The van der Waals surface area contributed by atoms with Gasteiger partial charge in [0.25, 0.3) is 5.56 Å². The quantitative estimate of drug-likeness (QED) is 0.132. The second-order valence-electron chi connectivity index (χ2n) is 8.42. The zero-order valence-corrected chi connectivity index (χ0v) is 22.6. The first-order valence-electron chi connectivity index (χ1n) is 11.4. The van der Waals surface area contributed by atoms with E-state index in [1.54, 1.807) is 32.2 Å². The monoisotopic (exact) mass is 582 g/mol. The highest BCUT2D eigenvalue weighted by atomic mass is 35.5. The molecular weight excluding hydrogens is 560 g/mol. The van der Waals surface area contributed by atoms with Crippen molar-refractivity contribution in [3.63, 3.8) is 0 Å². The molecule has 0 spiro atoms. The number of aromatic nitrogens is 3. The number of imidazole rings is 1. The maximum Gasteiger partial charge on any atom is 0.432 e. The number of H-pyrrole nitrogens is 1. The Morgan fingerprint density at radius 3 is 2.54 bits per heavy atom. The van der Waals surface area contributed by atoms with Crippen LogP contribution in [0.2, 0.25) is 5.02 Å². The second kappa shape index (κ2) is 11.2. The number of ether oxygens (including phenoxy) is 1. The van der Waals surface area contributed by atoms with Crippen LogP contribution >= 0.6 is 23.7 Å². The Bertz CT molecular complexity index is 1590. The molecule has 0 saturated carbocycles. The van der Waals surface area contributed by atoms with Crippen LogP contribution in [0.5, 0.6) is 11.5 Å². The molecule has 4 N–H and O–H groups in total. The summed E-state index contributed by atoms with van der Waals surface area (Å²) in [4.78, 5) is 19.4. The van der Waals surface area contributed by atoms with Crippen molar-refractivity contribution < 1.29 is 22.3 Å². The molecule has 0 fully saturated rings. The lowest BCUT2D eigenvalue weighted by Crippen LogP contribution is -2.24. The van der Waals surface area contributed by atoms with Gasteiger partial charge in [-0.1, -0.05) is 23.7 Å². The van der Waals surface area contributed by atoms with Crippen LogP contribution in [0.1, 0.15) is 16.8 Å². The molecule has 0 unspecified atom stereocenters. The molecule has 2 aromatic carbocycles. The fourth-order valence-corrected chi connectivity index (χ4v) is 4.38. The van der Waals surface area contributed by atoms with Crippen LogP contribution < -0.4 is 25.1 Å². The zero-order chi connectivity index (χ0) is 28.5. The summed E-state index contributed by atoms with van der Waals surface area (Å²) in [5.41, 5.74) is -0.508. The fraction of sp³-hybridized carbons (Fsp3) is 0.200. The van der Waals surface area contributed by atoms with E-state index in [2.05, 4.69) is 24.7 Å². The van der Waals surface area contributed by atoms with E-state index in [0.717, 1.165) is 16.7 Å². The molecule has 0 atom stereocenters. The van der Waals surface area contributed by atoms with E-state index in [0.29, 0.717) is 17.4 Å². The number of pyridine rings is 1. The molecule has 39 heavy (non-hydrogen) atoms. The number of alkyl halides is 3. The van der Waals surface area contributed by atoms with Crippen LogP contribution in [0.25, 0.3) is 11.4 Å². The molecule has 0 aliphatic heterocycles. The third kappa shape index (κ3) is 5.84. The van der Waals surface area contributed by atoms with E-state index in [-0.39, 0.29) is 45.0 Å². The molecule has 0 radical (unpaired) electrons. The number of aryl methyl sites for hydroxylation is 1. The van der Waals surface area contributed by atoms with E-state index in [4.69, 9.17) is 16.3 Å². The number of rotatable bonds is 8. The van der Waals surface area contributed by atoms with Gasteiger partial charge in [-0.15, -0.1) is 0 Å². The number of anilines is 3. The molecule has 206 valence electrons. The van der Waals surface area contributed by atoms with E-state index in [1.165, 1.54) is 32.2 Å². The third-order valence-corrected chi connectivity index (χ3v) is 6.62. The van der Waals surface area contributed by atoms with Crippen molar-refractivity contribution in [1.29, 1.82) is 0 Å². The Labute approximate surface area is 230 Å². The Balaban J connectivity index is 1.96. The summed E-state index contributed by atoms with van der Waals surface area (Å²) < 4.78 is 68.3. The highest BCUT2D eigenvalue weighted by Crippen LogP contribution is 2.44. The topological polar surface area (TPSA) is 96.0 Å². The molecule has 4 aromatic rings. The van der Waals surface area contributed by atoms with E-state index in [1.807, 2.05) is 0 Å². The van der Waals surface area contributed by atoms with Gasteiger partial charge in [0.05, 0.1) is 23.1 Å². The van der Waals surface area contributed by atoms with Crippen molar-refractivity contribution >= 4 is 40.9 Å². The van der Waals surface area contributed by atoms with Gasteiger partial charge in [0.15, 0.2) is 5.75 Å². The summed E-state index contributed by atoms with van der Waals surface area (Å²) in [6.45, 7) is 3.16. The Morgan fingerprint density at radius 2 is 1.90 bits per heavy atom. The molecule has 14 heteroatoms. The van der Waals surface area contributed by atoms with E-state index >= 15 is 0 Å². The molecule has 0 aliphatic rings. The second-order valence-corrected chi connectivity index (χ2v) is 9.62. The molecule has 2 aromatic heterocycles. The summed E-state index contributed by atoms with van der Waals surface area (Å²) in [6, 6.07) is 9.24. The van der Waals surface area contributed by atoms with Crippen LogP contribution in [0, 0.1) is 19.7 Å². The Kier molecular flexibility index (Phi) is 8.14. The van der Waals surface area contributed by atoms with Gasteiger partial charge in [0, 0.05) is 19.2 Å². The van der Waals surface area contributed by atoms with Crippen molar-refractivity contribution in [3.05, 3.63) is 80.6 Å². The first-order chi connectivity index (χ1) is 18.4. The van der Waals surface area contributed by atoms with Crippen LogP contribution in [-0.2, 0) is 13.2 Å². The molecule has 2 heterocycles. The third-order valence-electron chi connectivity index (χ3n) is 5.70. The average molecular weight is 583 g/mol. The molecule has 0 bridgehead atoms. The first kappa shape index (κ1) is 28.3. The number of benzene rings is 2. The summed E-state index contributed by atoms with van der Waals surface area (Å²) in [5, 5.41) is 2.99. The number of aromatic amines is 1. The van der Waals surface area contributed by atoms with Gasteiger partial charge in [-0.25, -0.2) is 14.1 Å². The molecule has 0 amide bonds. The summed E-state index contributed by atoms with van der Waals surface area (Å²) in [7, 11) is 3.10. The minimum absolute atomic E-state index is 0.0115. The lowest BCUT2D eigenvalue weighted by atomic mass is 10.1. The van der Waals surface area contributed by atoms with Crippen LogP contribution in [0.4, 0.5) is 34.8 Å². The highest BCUT2D eigenvalue weighted by Gasteiger charge is 2.34. The first-order valence-corrected chi connectivity index (χ1v) is 12.6. The Hall–Kier alpha value is -3.68. The number of nitrogens with zero attached hydrogens (tertiary/aromatic N) is 2. The molecule has 8 nitrogen and oxygen atoms in total. The van der Waals surface area contributed by atoms with Crippen LogP contribution in [0.15, 0.2) is 47.4 Å². The standard InChI is InChI=1S/C25H23ClF4N6O2S/c1-12-8-9-15(14(27)10-12)33-23-19(22-32-11-18(34-22)25(28,29)30)21(13(2)24(37)36(23)4)38-17-7-5-6-16(20(17)26)35-39-31-3/h5-11,31,33,35H,1-4H3,(H,32,34). The number of nitrogens with one attached hydrogen (secondary N) is 4. The number of hydrogen-bond acceptors (Lipinski definition) is 7. The summed E-state index contributed by atoms with van der Waals surface area (Å²) in [6.07, 6.45) is -4.09. The number of hydrogen-bond donors (Lipinski definition) is 4. The van der Waals surface area contributed by atoms with Crippen molar-refractivity contribution in [2.75, 3.05) is 17.1 Å². The van der Waals surface area contributed by atoms with Gasteiger partial charge in [-0.2, -0.15) is 13.2 Å². The van der Waals surface area contributed by atoms with E-state index in [9.17, 15) is 22.4 Å². The van der Waals surface area contributed by atoms with Gasteiger partial charge < -0.3 is 19.8 Å². The van der Waals surface area contributed by atoms with Crippen LogP contribution in [-0.4, -0.2) is 21.6 Å². The van der Waals surface area contributed by atoms with Crippen LogP contribution in [0.3, 0.4) is 0 Å². The largest absolute Gasteiger partial charge is 0.454 e. The average Bonchev–Trinajstić information content (AvgIpc) is 3.38. The van der Waals surface area contributed by atoms with Gasteiger partial charge >= 0.3 is 6.18 Å². The minimum Gasteiger partial charge on any atom is -0.454 e. The molecular formula is C25H23ClF4N6O2S. The summed E-state index contributed by atoms with van der Waals surface area (Å²) >= 11 is 7.68. The SMILES string of the molecule is CNSNc1cccc(Oc2c(-c3ncc(C(F)(F)F)[nH]3)c(Nc3ccc(C)cc3F)n(C)c(=O)c2C)c1Cl. The zero-order valence-electron chi connectivity index (χ0n) is 21.1. The molecule has 0 aliphatic carbocycles. The van der Waals surface area contributed by atoms with Crippen molar-refractivity contribution in [2.45, 2.75) is 20.0 Å². The van der Waals surface area contributed by atoms with Gasteiger partial charge in [-0.3, -0.25) is 9.36 Å². The lowest BCUT2D eigenvalue weighted by molar-refractivity contribution is -0.140. The smallest absolute Gasteiger partial charge is 0.432 e. The van der Waals surface area contributed by atoms with Gasteiger partial charge in [-0.05, 0) is 50.7 Å². The van der Waals surface area contributed by atoms with Crippen molar-refractivity contribution in [2.24, 2.45) is 7.05 Å². The summed E-state index contributed by atoms with van der Waals surface area (Å²) in [5.74, 6) is -0.942. The van der Waals surface area contributed by atoms with Crippen molar-refractivity contribution in [1.82, 2.24) is 19.3 Å². The van der Waals surface area contributed by atoms with E-state index < -0.39 is 23.2 Å². The molecule has 0 saturated heterocycles. The maximum atomic E-state index is 14.8. The fourth-order valence-electron chi connectivity index (χ4n) is 3.73. The van der Waals surface area contributed by atoms with Gasteiger partial charge in [0.1, 0.15) is 39.5 Å².